The molecule has 9 nitrogen and oxygen atoms in total. The molecule has 1 heterocycles. The third-order valence-corrected chi connectivity index (χ3v) is 7.46. The fraction of sp³-hybridized carbons (Fsp3) is 0.306. The van der Waals surface area contributed by atoms with Gasteiger partial charge in [-0.05, 0) is 29.3 Å². The normalized spacial score (nSPS) is 23.0. The Bertz CT molecular complexity index is 1440. The summed E-state index contributed by atoms with van der Waals surface area (Å²) in [6.45, 7) is 10.3. The molecule has 3 aromatic carbocycles. The van der Waals surface area contributed by atoms with Crippen molar-refractivity contribution in [1.82, 2.24) is 0 Å². The first-order chi connectivity index (χ1) is 21.7. The van der Waals surface area contributed by atoms with Crippen LogP contribution in [0.25, 0.3) is 0 Å². The van der Waals surface area contributed by atoms with E-state index in [0.717, 1.165) is 11.1 Å². The second kappa shape index (κ2) is 15.4. The van der Waals surface area contributed by atoms with Crippen LogP contribution in [0, 0.1) is 0 Å². The molecule has 4 rings (SSSR count). The lowest BCUT2D eigenvalue weighted by molar-refractivity contribution is -0.246. The van der Waals surface area contributed by atoms with Gasteiger partial charge in [-0.15, -0.1) is 6.58 Å². The summed E-state index contributed by atoms with van der Waals surface area (Å²) in [4.78, 5) is 38.4. The van der Waals surface area contributed by atoms with E-state index in [-0.39, 0.29) is 31.8 Å². The van der Waals surface area contributed by atoms with Crippen LogP contribution in [0.15, 0.2) is 116 Å². The molecule has 0 spiro atoms. The van der Waals surface area contributed by atoms with Crippen LogP contribution in [0.1, 0.15) is 41.8 Å². The molecule has 9 heteroatoms. The Labute approximate surface area is 263 Å². The van der Waals surface area contributed by atoms with Crippen LogP contribution in [-0.2, 0) is 51.2 Å². The third-order valence-electron chi connectivity index (χ3n) is 7.46. The minimum Gasteiger partial charge on any atom is -0.453 e. The Morgan fingerprint density at radius 3 is 1.91 bits per heavy atom. The Morgan fingerprint density at radius 2 is 1.38 bits per heavy atom. The third kappa shape index (κ3) is 7.75. The molecule has 0 amide bonds. The number of carbonyl (C=O) groups is 3. The van der Waals surface area contributed by atoms with Crippen molar-refractivity contribution in [2.45, 2.75) is 63.2 Å². The Morgan fingerprint density at radius 1 is 0.822 bits per heavy atom. The minimum atomic E-state index is -1.77. The number of benzene rings is 3. The highest BCUT2D eigenvalue weighted by molar-refractivity contribution is 5.89. The van der Waals surface area contributed by atoms with Gasteiger partial charge in [0.1, 0.15) is 0 Å². The van der Waals surface area contributed by atoms with E-state index in [9.17, 15) is 14.4 Å². The van der Waals surface area contributed by atoms with E-state index in [1.807, 2.05) is 60.7 Å². The quantitative estimate of drug-likeness (QED) is 0.120. The number of rotatable bonds is 15. The van der Waals surface area contributed by atoms with Crippen molar-refractivity contribution >= 4 is 17.9 Å². The maximum atomic E-state index is 13.5. The summed E-state index contributed by atoms with van der Waals surface area (Å²) in [5, 5.41) is 0. The highest BCUT2D eigenvalue weighted by Crippen LogP contribution is 2.51. The number of ether oxygens (including phenoxy) is 6. The van der Waals surface area contributed by atoms with E-state index in [1.165, 1.54) is 19.9 Å². The van der Waals surface area contributed by atoms with Crippen LogP contribution in [0.2, 0.25) is 0 Å². The minimum absolute atomic E-state index is 0.0114. The first-order valence-corrected chi connectivity index (χ1v) is 14.6. The summed E-state index contributed by atoms with van der Waals surface area (Å²) in [5.41, 5.74) is -1.47. The molecule has 3 aromatic rings. The van der Waals surface area contributed by atoms with E-state index in [0.29, 0.717) is 0 Å². The largest absolute Gasteiger partial charge is 0.453 e. The molecular formula is C36H38O9. The Kier molecular flexibility index (Phi) is 11.4. The zero-order chi connectivity index (χ0) is 32.3. The van der Waals surface area contributed by atoms with Crippen LogP contribution >= 0.6 is 0 Å². The van der Waals surface area contributed by atoms with Crippen molar-refractivity contribution < 1.29 is 42.8 Å². The van der Waals surface area contributed by atoms with Gasteiger partial charge in [0.2, 0.25) is 6.29 Å². The van der Waals surface area contributed by atoms with Gasteiger partial charge in [-0.3, -0.25) is 9.59 Å². The Hall–Kier alpha value is -4.57. The maximum Gasteiger partial charge on any atom is 0.338 e. The average Bonchev–Trinajstić information content (AvgIpc) is 3.27. The molecule has 1 aliphatic heterocycles. The smallest absolute Gasteiger partial charge is 0.338 e. The summed E-state index contributed by atoms with van der Waals surface area (Å²) < 4.78 is 37.1. The van der Waals surface area contributed by atoms with Crippen LogP contribution in [0.3, 0.4) is 0 Å². The van der Waals surface area contributed by atoms with E-state index >= 15 is 0 Å². The number of esters is 3. The molecule has 0 radical (unpaired) electrons. The summed E-state index contributed by atoms with van der Waals surface area (Å²) in [6.07, 6.45) is -1.05. The van der Waals surface area contributed by atoms with Crippen LogP contribution < -0.4 is 0 Å². The van der Waals surface area contributed by atoms with Gasteiger partial charge in [0.05, 0.1) is 25.4 Å². The predicted octanol–water partition coefficient (Wildman–Crippen LogP) is 5.74. The van der Waals surface area contributed by atoms with E-state index in [2.05, 4.69) is 13.2 Å². The van der Waals surface area contributed by atoms with Crippen LogP contribution in [-0.4, -0.2) is 54.2 Å². The van der Waals surface area contributed by atoms with E-state index < -0.39 is 47.6 Å². The summed E-state index contributed by atoms with van der Waals surface area (Å²) in [5.74, 6) is -2.03. The standard InChI is InChI=1S/C36H38O9/c1-5-22-35(41-24-29-18-12-8-13-19-29)32(42-26(3)37)34(43-27(4)38)45-36(35,25-40-23-28-16-10-7-11-17-28)31(6-2)44-33(39)30-20-14-9-15-21-30/h5-21,31-32,34H,1-2,22-25H2,3-4H3/t31-,32-,34+,35-,36-/m0/s1. The maximum absolute atomic E-state index is 13.5. The van der Waals surface area contributed by atoms with Crippen LogP contribution in [0.4, 0.5) is 0 Å². The molecule has 236 valence electrons. The number of hydrogen-bond acceptors (Lipinski definition) is 9. The lowest BCUT2D eigenvalue weighted by atomic mass is 9.74. The zero-order valence-electron chi connectivity index (χ0n) is 25.5. The van der Waals surface area contributed by atoms with Crippen LogP contribution in [0.5, 0.6) is 0 Å². The summed E-state index contributed by atoms with van der Waals surface area (Å²) in [7, 11) is 0. The van der Waals surface area contributed by atoms with Gasteiger partial charge < -0.3 is 28.4 Å². The summed E-state index contributed by atoms with van der Waals surface area (Å²) >= 11 is 0. The first kappa shape index (κ1) is 33.3. The molecule has 0 saturated carbocycles. The zero-order valence-corrected chi connectivity index (χ0v) is 25.5. The molecule has 0 aromatic heterocycles. The highest BCUT2D eigenvalue weighted by atomic mass is 16.8. The molecule has 0 N–H and O–H groups in total. The van der Waals surface area contributed by atoms with Gasteiger partial charge >= 0.3 is 17.9 Å². The van der Waals surface area contributed by atoms with Crippen molar-refractivity contribution in [3.63, 3.8) is 0 Å². The molecule has 45 heavy (non-hydrogen) atoms. The van der Waals surface area contributed by atoms with Gasteiger partial charge in [0.25, 0.3) is 0 Å². The SMILES string of the molecule is C=CC[C@]1(OCc2ccccc2)[C@@H](OC(C)=O)[C@H](OC(C)=O)O[C@@]1(COCc1ccccc1)[C@H](C=C)OC(=O)c1ccccc1. The topological polar surface area (TPSA) is 107 Å². The van der Waals surface area contributed by atoms with Crippen molar-refractivity contribution in [1.29, 1.82) is 0 Å². The molecule has 0 bridgehead atoms. The van der Waals surface area contributed by atoms with Gasteiger partial charge in [0, 0.05) is 20.3 Å². The lowest BCUT2D eigenvalue weighted by Crippen LogP contribution is -2.66. The van der Waals surface area contributed by atoms with Gasteiger partial charge in [-0.25, -0.2) is 4.79 Å². The van der Waals surface area contributed by atoms with E-state index in [1.54, 1.807) is 36.4 Å². The fourth-order valence-electron chi connectivity index (χ4n) is 5.49. The van der Waals surface area contributed by atoms with E-state index in [4.69, 9.17) is 28.4 Å². The van der Waals surface area contributed by atoms with Gasteiger partial charge in [-0.2, -0.15) is 0 Å². The second-order valence-electron chi connectivity index (χ2n) is 10.6. The fourth-order valence-corrected chi connectivity index (χ4v) is 5.49. The Balaban J connectivity index is 1.88. The first-order valence-electron chi connectivity index (χ1n) is 14.6. The van der Waals surface area contributed by atoms with Crippen molar-refractivity contribution in [2.75, 3.05) is 6.61 Å². The van der Waals surface area contributed by atoms with Gasteiger partial charge in [-0.1, -0.05) is 91.5 Å². The number of carbonyl (C=O) groups excluding carboxylic acids is 3. The summed E-state index contributed by atoms with van der Waals surface area (Å²) in [6, 6.07) is 27.2. The molecule has 1 aliphatic rings. The molecule has 1 saturated heterocycles. The molecule has 1 fully saturated rings. The molecule has 0 aliphatic carbocycles. The average molecular weight is 615 g/mol. The molecule has 0 unspecified atom stereocenters. The predicted molar refractivity (Wildman–Crippen MR) is 166 cm³/mol. The van der Waals surface area contributed by atoms with Crippen molar-refractivity contribution in [2.24, 2.45) is 0 Å². The monoisotopic (exact) mass is 614 g/mol. The molecular weight excluding hydrogens is 576 g/mol. The van der Waals surface area contributed by atoms with Crippen molar-refractivity contribution in [3.8, 4) is 0 Å². The highest BCUT2D eigenvalue weighted by Gasteiger charge is 2.73. The number of hydrogen-bond donors (Lipinski definition) is 0. The second-order valence-corrected chi connectivity index (χ2v) is 10.6. The van der Waals surface area contributed by atoms with Crippen molar-refractivity contribution in [3.05, 3.63) is 133 Å². The van der Waals surface area contributed by atoms with Gasteiger partial charge in [0.15, 0.2) is 23.4 Å². The lowest BCUT2D eigenvalue weighted by Gasteiger charge is -2.47. The molecule has 5 atom stereocenters.